The van der Waals surface area contributed by atoms with Crippen LogP contribution in [0.3, 0.4) is 0 Å². The topological polar surface area (TPSA) is 73.8 Å². The van der Waals surface area contributed by atoms with E-state index in [0.29, 0.717) is 54.7 Å². The smallest absolute Gasteiger partial charge is 0.253 e. The summed E-state index contributed by atoms with van der Waals surface area (Å²) in [5.74, 6) is -1.87. The summed E-state index contributed by atoms with van der Waals surface area (Å²) in [6.45, 7) is 5.11. The molecule has 0 unspecified atom stereocenters. The van der Waals surface area contributed by atoms with E-state index in [-0.39, 0.29) is 13.0 Å². The molecular formula is C30H34ClF2N3O3. The molecule has 0 bridgehead atoms. The molecule has 4 rings (SSSR count). The molecule has 9 heteroatoms. The molecule has 2 atom stereocenters. The number of carbonyl (C=O) groups excluding carboxylic acids is 1. The number of carbonyl (C=O) groups is 1. The van der Waals surface area contributed by atoms with E-state index in [9.17, 15) is 18.7 Å². The Morgan fingerprint density at radius 2 is 1.74 bits per heavy atom. The number of aryl methyl sites for hydroxylation is 1. The van der Waals surface area contributed by atoms with E-state index in [1.807, 2.05) is 17.0 Å². The average molecular weight is 558 g/mol. The first-order valence-corrected chi connectivity index (χ1v) is 13.5. The van der Waals surface area contributed by atoms with Gasteiger partial charge in [-0.25, -0.2) is 8.78 Å². The number of nitrogens with zero attached hydrogens (tertiary/aromatic N) is 1. The number of rotatable bonds is 11. The van der Waals surface area contributed by atoms with Gasteiger partial charge in [0.05, 0.1) is 30.9 Å². The average Bonchev–Trinajstić information content (AvgIpc) is 2.92. The lowest BCUT2D eigenvalue weighted by Gasteiger charge is -2.31. The van der Waals surface area contributed by atoms with Crippen molar-refractivity contribution in [2.24, 2.45) is 0 Å². The summed E-state index contributed by atoms with van der Waals surface area (Å²) < 4.78 is 33.3. The maximum absolute atomic E-state index is 13.9. The Labute approximate surface area is 232 Å². The van der Waals surface area contributed by atoms with Crippen molar-refractivity contribution in [3.05, 3.63) is 99.6 Å². The molecule has 1 fully saturated rings. The van der Waals surface area contributed by atoms with Crippen LogP contribution >= 0.6 is 11.6 Å². The van der Waals surface area contributed by atoms with Gasteiger partial charge >= 0.3 is 0 Å². The molecule has 3 N–H and O–H groups in total. The van der Waals surface area contributed by atoms with Crippen molar-refractivity contribution in [3.63, 3.8) is 0 Å². The molecule has 0 spiro atoms. The van der Waals surface area contributed by atoms with Crippen LogP contribution in [0.2, 0.25) is 5.02 Å². The second-order valence-corrected chi connectivity index (χ2v) is 10.1. The Balaban J connectivity index is 1.52. The monoisotopic (exact) mass is 557 g/mol. The number of hydrogen-bond acceptors (Lipinski definition) is 5. The second kappa shape index (κ2) is 13.8. The van der Waals surface area contributed by atoms with Gasteiger partial charge in [-0.15, -0.1) is 0 Å². The van der Waals surface area contributed by atoms with Crippen LogP contribution in [0, 0.1) is 11.6 Å². The molecule has 39 heavy (non-hydrogen) atoms. The van der Waals surface area contributed by atoms with E-state index >= 15 is 0 Å². The number of nitrogens with one attached hydrogen (secondary N) is 2. The predicted octanol–water partition coefficient (Wildman–Crippen LogP) is 4.51. The molecule has 6 nitrogen and oxygen atoms in total. The Kier molecular flexibility index (Phi) is 10.3. The lowest BCUT2D eigenvalue weighted by atomic mass is 9.99. The summed E-state index contributed by atoms with van der Waals surface area (Å²) in [7, 11) is 0. The number of hydrogen-bond donors (Lipinski definition) is 3. The maximum atomic E-state index is 13.9. The molecule has 1 saturated heterocycles. The zero-order chi connectivity index (χ0) is 27.8. The van der Waals surface area contributed by atoms with Gasteiger partial charge in [-0.1, -0.05) is 42.8 Å². The lowest BCUT2D eigenvalue weighted by Crippen LogP contribution is -2.49. The summed E-state index contributed by atoms with van der Waals surface area (Å²) in [5.41, 5.74) is 3.68. The van der Waals surface area contributed by atoms with Crippen molar-refractivity contribution in [2.75, 3.05) is 37.7 Å². The summed E-state index contributed by atoms with van der Waals surface area (Å²) in [5, 5.41) is 17.7. The molecule has 1 amide bonds. The molecule has 0 saturated carbocycles. The summed E-state index contributed by atoms with van der Waals surface area (Å²) >= 11 is 6.25. The molecule has 208 valence electrons. The molecular weight excluding hydrogens is 524 g/mol. The van der Waals surface area contributed by atoms with Gasteiger partial charge in [0.1, 0.15) is 11.6 Å². The van der Waals surface area contributed by atoms with Crippen LogP contribution in [-0.4, -0.2) is 56.0 Å². The van der Waals surface area contributed by atoms with E-state index < -0.39 is 29.7 Å². The molecule has 0 aromatic heterocycles. The van der Waals surface area contributed by atoms with Crippen molar-refractivity contribution in [1.82, 2.24) is 10.6 Å². The first-order valence-electron chi connectivity index (χ1n) is 13.2. The normalized spacial score (nSPS) is 15.2. The van der Waals surface area contributed by atoms with E-state index in [2.05, 4.69) is 29.7 Å². The minimum atomic E-state index is -1.04. The van der Waals surface area contributed by atoms with Crippen molar-refractivity contribution >= 4 is 23.2 Å². The fraction of sp³-hybridized carbons (Fsp3) is 0.367. The van der Waals surface area contributed by atoms with Crippen LogP contribution in [0.5, 0.6) is 0 Å². The largest absolute Gasteiger partial charge is 0.390 e. The highest BCUT2D eigenvalue weighted by Crippen LogP contribution is 2.26. The highest BCUT2D eigenvalue weighted by Gasteiger charge is 2.26. The van der Waals surface area contributed by atoms with Crippen LogP contribution in [0.1, 0.15) is 34.0 Å². The highest BCUT2D eigenvalue weighted by molar-refractivity contribution is 6.31. The molecule has 0 radical (unpaired) electrons. The highest BCUT2D eigenvalue weighted by atomic mass is 35.5. The Morgan fingerprint density at radius 3 is 2.46 bits per heavy atom. The minimum Gasteiger partial charge on any atom is -0.390 e. The molecule has 1 aliphatic rings. The molecule has 0 aliphatic carbocycles. The van der Waals surface area contributed by atoms with E-state index in [1.165, 1.54) is 17.7 Å². The van der Waals surface area contributed by atoms with Crippen LogP contribution in [0.15, 0.2) is 60.7 Å². The lowest BCUT2D eigenvalue weighted by molar-refractivity contribution is 0.0829. The number of aliphatic hydroxyl groups excluding tert-OH is 1. The number of amides is 1. The number of morpholine rings is 1. The molecule has 3 aromatic rings. The third kappa shape index (κ3) is 8.22. The van der Waals surface area contributed by atoms with Crippen LogP contribution < -0.4 is 15.5 Å². The fourth-order valence-corrected chi connectivity index (χ4v) is 4.92. The van der Waals surface area contributed by atoms with Crippen LogP contribution in [-0.2, 0) is 24.1 Å². The summed E-state index contributed by atoms with van der Waals surface area (Å²) in [6, 6.07) is 15.6. The number of ether oxygens (including phenoxy) is 1. The van der Waals surface area contributed by atoms with Crippen LogP contribution in [0.25, 0.3) is 0 Å². The van der Waals surface area contributed by atoms with Crippen molar-refractivity contribution in [1.29, 1.82) is 0 Å². The van der Waals surface area contributed by atoms with Crippen LogP contribution in [0.4, 0.5) is 14.5 Å². The molecule has 3 aromatic carbocycles. The van der Waals surface area contributed by atoms with Crippen molar-refractivity contribution in [2.45, 2.75) is 38.5 Å². The summed E-state index contributed by atoms with van der Waals surface area (Å²) in [4.78, 5) is 15.6. The van der Waals surface area contributed by atoms with E-state index in [4.69, 9.17) is 16.3 Å². The van der Waals surface area contributed by atoms with Crippen molar-refractivity contribution < 1.29 is 23.4 Å². The maximum Gasteiger partial charge on any atom is 0.253 e. The molecule has 1 heterocycles. The zero-order valence-electron chi connectivity index (χ0n) is 21.9. The van der Waals surface area contributed by atoms with E-state index in [1.54, 1.807) is 18.2 Å². The van der Waals surface area contributed by atoms with Gasteiger partial charge in [0, 0.05) is 43.0 Å². The number of halogens is 3. The number of aliphatic hydroxyl groups is 1. The Hall–Kier alpha value is -3.04. The van der Waals surface area contributed by atoms with Gasteiger partial charge in [0.25, 0.3) is 5.91 Å². The first-order chi connectivity index (χ1) is 18.8. The molecule has 1 aliphatic heterocycles. The van der Waals surface area contributed by atoms with Gasteiger partial charge < -0.3 is 25.4 Å². The van der Waals surface area contributed by atoms with Gasteiger partial charge in [-0.2, -0.15) is 0 Å². The minimum absolute atomic E-state index is 0.0298. The van der Waals surface area contributed by atoms with Gasteiger partial charge in [0.2, 0.25) is 0 Å². The Morgan fingerprint density at radius 1 is 1.03 bits per heavy atom. The quantitative estimate of drug-likeness (QED) is 0.324. The van der Waals surface area contributed by atoms with E-state index in [0.717, 1.165) is 18.1 Å². The van der Waals surface area contributed by atoms with Gasteiger partial charge in [-0.3, -0.25) is 4.79 Å². The third-order valence-corrected chi connectivity index (χ3v) is 7.03. The SMILES string of the molecule is CCc1cccc(CNC[C@H](O)[C@H](Cc2cc(F)cc(F)c2)NC(=O)c2cc(Cl)ccc2N2CCOCC2)c1. The Bertz CT molecular complexity index is 1250. The third-order valence-electron chi connectivity index (χ3n) is 6.80. The first kappa shape index (κ1) is 29.0. The summed E-state index contributed by atoms with van der Waals surface area (Å²) in [6.07, 6.45) is -0.0899. The number of anilines is 1. The fourth-order valence-electron chi connectivity index (χ4n) is 4.75. The van der Waals surface area contributed by atoms with Gasteiger partial charge in [-0.05, 0) is 59.9 Å². The van der Waals surface area contributed by atoms with Gasteiger partial charge in [0.15, 0.2) is 0 Å². The number of benzene rings is 3. The standard InChI is InChI=1S/C30H34ClF2N3O3/c1-2-20-4-3-5-21(12-20)18-34-19-29(37)27(15-22-13-24(32)17-25(33)14-22)35-30(38)26-16-23(31)6-7-28(26)36-8-10-39-11-9-36/h3-7,12-14,16-17,27,29,34,37H,2,8-11,15,18-19H2,1H3,(H,35,38)/t27-,29-/m0/s1. The predicted molar refractivity (Wildman–Crippen MR) is 149 cm³/mol. The van der Waals surface area contributed by atoms with Crippen molar-refractivity contribution in [3.8, 4) is 0 Å². The zero-order valence-corrected chi connectivity index (χ0v) is 22.7. The second-order valence-electron chi connectivity index (χ2n) is 9.69.